The minimum Gasteiger partial charge on any atom is -0.324 e. The van der Waals surface area contributed by atoms with Crippen molar-refractivity contribution >= 4 is 11.6 Å². The Morgan fingerprint density at radius 3 is 2.57 bits per heavy atom. The molecule has 0 spiro atoms. The van der Waals surface area contributed by atoms with E-state index in [9.17, 15) is 4.79 Å². The molecular weight excluding hydrogens is 292 g/mol. The number of benzene rings is 1. The van der Waals surface area contributed by atoms with Crippen LogP contribution in [0.2, 0.25) is 0 Å². The standard InChI is InChI=1S/C16H18N6O/c1-10-8-11(2)22(21-10)12(3)16(23)19-14-6-4-13(5-7-14)15-17-9-18-20-15/h4-9,12H,1-3H3,(H,19,23)(H,17,18,20)/t12-/m1/s1. The molecule has 1 atom stereocenters. The number of aryl methyl sites for hydroxylation is 2. The van der Waals surface area contributed by atoms with Gasteiger partial charge in [-0.2, -0.15) is 10.2 Å². The SMILES string of the molecule is Cc1cc(C)n([C@H](C)C(=O)Nc2ccc(-c3ncn[nH]3)cc2)n1. The zero-order valence-corrected chi connectivity index (χ0v) is 13.2. The molecule has 0 saturated carbocycles. The minimum atomic E-state index is -0.377. The van der Waals surface area contributed by atoms with E-state index in [2.05, 4.69) is 25.6 Å². The molecule has 1 amide bonds. The third kappa shape index (κ3) is 3.13. The molecule has 2 aromatic heterocycles. The highest BCUT2D eigenvalue weighted by molar-refractivity contribution is 5.93. The van der Waals surface area contributed by atoms with Crippen LogP contribution in [-0.4, -0.2) is 30.9 Å². The van der Waals surface area contributed by atoms with Gasteiger partial charge in [0, 0.05) is 16.9 Å². The number of nitrogens with zero attached hydrogens (tertiary/aromatic N) is 4. The van der Waals surface area contributed by atoms with Crippen LogP contribution in [0.5, 0.6) is 0 Å². The van der Waals surface area contributed by atoms with Gasteiger partial charge in [0.1, 0.15) is 12.4 Å². The van der Waals surface area contributed by atoms with E-state index in [1.807, 2.05) is 51.1 Å². The summed E-state index contributed by atoms with van der Waals surface area (Å²) in [6.07, 6.45) is 1.46. The van der Waals surface area contributed by atoms with Gasteiger partial charge in [0.05, 0.1) is 5.69 Å². The van der Waals surface area contributed by atoms with Crippen LogP contribution in [0.1, 0.15) is 24.4 Å². The van der Waals surface area contributed by atoms with E-state index in [1.54, 1.807) is 4.68 Å². The molecule has 0 radical (unpaired) electrons. The van der Waals surface area contributed by atoms with E-state index in [0.717, 1.165) is 22.6 Å². The van der Waals surface area contributed by atoms with Gasteiger partial charge in [-0.05, 0) is 51.1 Å². The Labute approximate surface area is 133 Å². The number of carbonyl (C=O) groups is 1. The van der Waals surface area contributed by atoms with Crippen molar-refractivity contribution in [3.8, 4) is 11.4 Å². The maximum atomic E-state index is 12.4. The van der Waals surface area contributed by atoms with E-state index >= 15 is 0 Å². The summed E-state index contributed by atoms with van der Waals surface area (Å²) in [7, 11) is 0. The first-order valence-electron chi connectivity index (χ1n) is 7.34. The van der Waals surface area contributed by atoms with E-state index in [4.69, 9.17) is 0 Å². The summed E-state index contributed by atoms with van der Waals surface area (Å²) in [5, 5.41) is 13.9. The van der Waals surface area contributed by atoms with Gasteiger partial charge < -0.3 is 5.32 Å². The first kappa shape index (κ1) is 15.0. The number of hydrogen-bond donors (Lipinski definition) is 2. The highest BCUT2D eigenvalue weighted by Gasteiger charge is 2.18. The van der Waals surface area contributed by atoms with Crippen LogP contribution in [0.3, 0.4) is 0 Å². The number of aromatic amines is 1. The lowest BCUT2D eigenvalue weighted by Gasteiger charge is -2.14. The van der Waals surface area contributed by atoms with Crippen molar-refractivity contribution in [3.63, 3.8) is 0 Å². The number of hydrogen-bond acceptors (Lipinski definition) is 4. The molecule has 0 aliphatic rings. The number of amides is 1. The second-order valence-corrected chi connectivity index (χ2v) is 5.45. The van der Waals surface area contributed by atoms with E-state index in [1.165, 1.54) is 6.33 Å². The van der Waals surface area contributed by atoms with Crippen molar-refractivity contribution < 1.29 is 4.79 Å². The Kier molecular flexibility index (Phi) is 3.92. The maximum Gasteiger partial charge on any atom is 0.248 e. The maximum absolute atomic E-state index is 12.4. The Morgan fingerprint density at radius 1 is 1.26 bits per heavy atom. The monoisotopic (exact) mass is 310 g/mol. The van der Waals surface area contributed by atoms with E-state index in [-0.39, 0.29) is 11.9 Å². The van der Waals surface area contributed by atoms with Gasteiger partial charge >= 0.3 is 0 Å². The van der Waals surface area contributed by atoms with Crippen LogP contribution in [0.15, 0.2) is 36.7 Å². The highest BCUT2D eigenvalue weighted by Crippen LogP contribution is 2.19. The van der Waals surface area contributed by atoms with Crippen molar-refractivity contribution in [1.29, 1.82) is 0 Å². The fraction of sp³-hybridized carbons (Fsp3) is 0.250. The van der Waals surface area contributed by atoms with Gasteiger partial charge in [-0.15, -0.1) is 0 Å². The molecule has 7 nitrogen and oxygen atoms in total. The molecule has 0 aliphatic heterocycles. The summed E-state index contributed by atoms with van der Waals surface area (Å²) in [5.41, 5.74) is 3.50. The van der Waals surface area contributed by atoms with Crippen LogP contribution in [0, 0.1) is 13.8 Å². The summed E-state index contributed by atoms with van der Waals surface area (Å²) >= 11 is 0. The van der Waals surface area contributed by atoms with E-state index < -0.39 is 0 Å². The van der Waals surface area contributed by atoms with Crippen LogP contribution in [0.4, 0.5) is 5.69 Å². The lowest BCUT2D eigenvalue weighted by Crippen LogP contribution is -2.25. The summed E-state index contributed by atoms with van der Waals surface area (Å²) < 4.78 is 1.73. The number of carbonyl (C=O) groups excluding carboxylic acids is 1. The zero-order chi connectivity index (χ0) is 16.4. The topological polar surface area (TPSA) is 88.5 Å². The molecule has 0 bridgehead atoms. The fourth-order valence-electron chi connectivity index (χ4n) is 2.45. The molecule has 2 N–H and O–H groups in total. The summed E-state index contributed by atoms with van der Waals surface area (Å²) in [6.45, 7) is 5.68. The summed E-state index contributed by atoms with van der Waals surface area (Å²) in [6, 6.07) is 9.01. The van der Waals surface area contributed by atoms with Gasteiger partial charge in [-0.1, -0.05) is 0 Å². The molecule has 23 heavy (non-hydrogen) atoms. The van der Waals surface area contributed by atoms with Crippen molar-refractivity contribution in [2.45, 2.75) is 26.8 Å². The zero-order valence-electron chi connectivity index (χ0n) is 13.2. The number of nitrogens with one attached hydrogen (secondary N) is 2. The second-order valence-electron chi connectivity index (χ2n) is 5.45. The van der Waals surface area contributed by atoms with Gasteiger partial charge in [0.2, 0.25) is 5.91 Å². The molecule has 1 aromatic carbocycles. The molecule has 118 valence electrons. The predicted molar refractivity (Wildman–Crippen MR) is 86.9 cm³/mol. The minimum absolute atomic E-state index is 0.108. The number of anilines is 1. The molecule has 7 heteroatoms. The van der Waals surface area contributed by atoms with Crippen molar-refractivity contribution in [3.05, 3.63) is 48.0 Å². The lowest BCUT2D eigenvalue weighted by atomic mass is 10.2. The summed E-state index contributed by atoms with van der Waals surface area (Å²) in [4.78, 5) is 16.5. The first-order valence-corrected chi connectivity index (χ1v) is 7.34. The Balaban J connectivity index is 1.71. The van der Waals surface area contributed by atoms with Crippen molar-refractivity contribution in [2.24, 2.45) is 0 Å². The Morgan fingerprint density at radius 2 is 2.00 bits per heavy atom. The molecule has 0 saturated heterocycles. The molecule has 3 rings (SSSR count). The van der Waals surface area contributed by atoms with Gasteiger partial charge in [0.15, 0.2) is 5.82 Å². The third-order valence-corrected chi connectivity index (χ3v) is 3.63. The lowest BCUT2D eigenvalue weighted by molar-refractivity contribution is -0.119. The van der Waals surface area contributed by atoms with Gasteiger partial charge in [0.25, 0.3) is 0 Å². The van der Waals surface area contributed by atoms with Crippen LogP contribution in [0.25, 0.3) is 11.4 Å². The van der Waals surface area contributed by atoms with Crippen LogP contribution < -0.4 is 5.32 Å². The average Bonchev–Trinajstić information content (AvgIpc) is 3.17. The largest absolute Gasteiger partial charge is 0.324 e. The molecule has 3 aromatic rings. The van der Waals surface area contributed by atoms with E-state index in [0.29, 0.717) is 5.82 Å². The van der Waals surface area contributed by atoms with Gasteiger partial charge in [-0.25, -0.2) is 4.98 Å². The van der Waals surface area contributed by atoms with Crippen molar-refractivity contribution in [2.75, 3.05) is 5.32 Å². The first-order chi connectivity index (χ1) is 11.0. The molecule has 2 heterocycles. The summed E-state index contributed by atoms with van der Waals surface area (Å²) in [5.74, 6) is 0.586. The Bertz CT molecular complexity index is 804. The van der Waals surface area contributed by atoms with Crippen LogP contribution >= 0.6 is 0 Å². The average molecular weight is 310 g/mol. The normalized spacial score (nSPS) is 12.1. The highest BCUT2D eigenvalue weighted by atomic mass is 16.2. The van der Waals surface area contributed by atoms with Gasteiger partial charge in [-0.3, -0.25) is 14.6 Å². The molecule has 0 fully saturated rings. The van der Waals surface area contributed by atoms with Crippen molar-refractivity contribution in [1.82, 2.24) is 25.0 Å². The predicted octanol–water partition coefficient (Wildman–Crippen LogP) is 2.48. The molecule has 0 aliphatic carbocycles. The third-order valence-electron chi connectivity index (χ3n) is 3.63. The quantitative estimate of drug-likeness (QED) is 0.775. The smallest absolute Gasteiger partial charge is 0.248 e. The Hall–Kier alpha value is -2.96. The molecular formula is C16H18N6O. The number of rotatable bonds is 4. The fourth-order valence-corrected chi connectivity index (χ4v) is 2.45. The number of H-pyrrole nitrogens is 1. The molecule has 0 unspecified atom stereocenters. The van der Waals surface area contributed by atoms with Crippen LogP contribution in [-0.2, 0) is 4.79 Å². The second kappa shape index (κ2) is 6.04. The number of aromatic nitrogens is 5.